The van der Waals surface area contributed by atoms with E-state index in [0.717, 1.165) is 22.5 Å². The molecule has 0 fully saturated rings. The number of hydrogen-bond donors (Lipinski definition) is 0. The van der Waals surface area contributed by atoms with Crippen LogP contribution in [0.4, 0.5) is 0 Å². The summed E-state index contributed by atoms with van der Waals surface area (Å²) in [5.41, 5.74) is 9.28. The molecule has 0 amide bonds. The van der Waals surface area contributed by atoms with Gasteiger partial charge in [-0.3, -0.25) is 0 Å². The van der Waals surface area contributed by atoms with E-state index in [2.05, 4.69) is 136 Å². The molecule has 0 atom stereocenters. The number of aryl methyl sites for hydroxylation is 1. The van der Waals surface area contributed by atoms with Gasteiger partial charge in [-0.25, -0.2) is 0 Å². The first-order valence-electron chi connectivity index (χ1n) is 15.5. The molecule has 5 heteroatoms. The van der Waals surface area contributed by atoms with Crippen molar-refractivity contribution in [3.63, 3.8) is 0 Å². The summed E-state index contributed by atoms with van der Waals surface area (Å²) in [4.78, 5) is 9.21. The van der Waals surface area contributed by atoms with Gasteiger partial charge in [0, 0.05) is 37.2 Å². The summed E-state index contributed by atoms with van der Waals surface area (Å²) >= 11 is 1.86. The van der Waals surface area contributed by atoms with Crippen LogP contribution in [0.1, 0.15) is 30.9 Å². The summed E-state index contributed by atoms with van der Waals surface area (Å²) in [5.74, 6) is 0.484. The summed E-state index contributed by atoms with van der Waals surface area (Å²) in [5, 5.41) is 3.96. The fourth-order valence-corrected chi connectivity index (χ4v) is 7.88. The molecular formula is C41H38IrN2SSi-2. The molecule has 0 aliphatic carbocycles. The molecule has 3 aromatic heterocycles. The van der Waals surface area contributed by atoms with Crippen molar-refractivity contribution in [2.45, 2.75) is 46.3 Å². The SMILES string of the molecule is C[Si](C)(C)c1ccc(-c2[c-]cccc2)nc1.Cc1cnc(-c2[c-]cc3c(c2)sc2c(-c4ccccc4)cccc23)cc1C(C)C.[Ir]. The average molecular weight is 811 g/mol. The van der Waals surface area contributed by atoms with Gasteiger partial charge in [0.05, 0.1) is 8.07 Å². The number of pyridine rings is 2. The normalized spacial score (nSPS) is 11.3. The molecule has 233 valence electrons. The van der Waals surface area contributed by atoms with Crippen molar-refractivity contribution in [3.05, 3.63) is 139 Å². The molecule has 0 aliphatic rings. The molecular weight excluding hydrogens is 773 g/mol. The second-order valence-electron chi connectivity index (χ2n) is 12.8. The number of fused-ring (bicyclic) bond motifs is 3. The zero-order valence-corrected chi connectivity index (χ0v) is 31.4. The van der Waals surface area contributed by atoms with Gasteiger partial charge in [-0.15, -0.1) is 59.7 Å². The Hall–Kier alpha value is -3.73. The minimum Gasteiger partial charge on any atom is -0.305 e. The third-order valence-electron chi connectivity index (χ3n) is 8.17. The molecule has 7 aromatic rings. The van der Waals surface area contributed by atoms with Crippen LogP contribution in [0, 0.1) is 19.1 Å². The van der Waals surface area contributed by atoms with Gasteiger partial charge in [-0.1, -0.05) is 106 Å². The van der Waals surface area contributed by atoms with E-state index in [4.69, 9.17) is 4.98 Å². The van der Waals surface area contributed by atoms with Crippen LogP contribution < -0.4 is 5.19 Å². The fourth-order valence-electron chi connectivity index (χ4n) is 5.59. The molecule has 2 nitrogen and oxygen atoms in total. The molecule has 0 saturated carbocycles. The molecule has 0 saturated heterocycles. The van der Waals surface area contributed by atoms with Crippen LogP contribution in [0.5, 0.6) is 0 Å². The standard InChI is InChI=1S/C27H22NS.C14H16NSi.Ir/c1-17(2)24-15-25(28-16-18(24)3)20-12-13-22-23-11-7-10-21(19-8-5-4-6-9-19)27(23)29-26(22)14-20;1-16(2,3)13-9-10-14(15-11-13)12-7-5-4-6-8-12;/h4-11,13-17H,1-3H3;4-7,9-11H,1-3H3;/q2*-1;. The Bertz CT molecular complexity index is 2060. The van der Waals surface area contributed by atoms with E-state index in [9.17, 15) is 0 Å². The van der Waals surface area contributed by atoms with E-state index in [1.165, 1.54) is 47.6 Å². The average Bonchev–Trinajstić information content (AvgIpc) is 3.44. The second kappa shape index (κ2) is 14.4. The number of thiophene rings is 1. The van der Waals surface area contributed by atoms with Crippen molar-refractivity contribution in [2.75, 3.05) is 0 Å². The van der Waals surface area contributed by atoms with Crippen molar-refractivity contribution in [1.29, 1.82) is 0 Å². The molecule has 3 heterocycles. The van der Waals surface area contributed by atoms with Crippen molar-refractivity contribution in [2.24, 2.45) is 0 Å². The summed E-state index contributed by atoms with van der Waals surface area (Å²) in [6.45, 7) is 13.6. The van der Waals surface area contributed by atoms with Gasteiger partial charge in [-0.05, 0) is 61.8 Å². The van der Waals surface area contributed by atoms with Gasteiger partial charge in [-0.2, -0.15) is 11.3 Å². The number of aromatic nitrogens is 2. The Balaban J connectivity index is 0.000000209. The Morgan fingerprint density at radius 2 is 1.48 bits per heavy atom. The van der Waals surface area contributed by atoms with Crippen LogP contribution in [-0.2, 0) is 20.1 Å². The van der Waals surface area contributed by atoms with Crippen molar-refractivity contribution in [1.82, 2.24) is 9.97 Å². The molecule has 0 unspecified atom stereocenters. The van der Waals surface area contributed by atoms with Crippen LogP contribution in [0.3, 0.4) is 0 Å². The minimum absolute atomic E-state index is 0. The van der Waals surface area contributed by atoms with E-state index in [1.54, 1.807) is 0 Å². The first-order valence-corrected chi connectivity index (χ1v) is 19.8. The summed E-state index contributed by atoms with van der Waals surface area (Å²) < 4.78 is 2.62. The van der Waals surface area contributed by atoms with Crippen molar-refractivity contribution >= 4 is 44.8 Å². The van der Waals surface area contributed by atoms with E-state index in [-0.39, 0.29) is 20.1 Å². The monoisotopic (exact) mass is 811 g/mol. The molecule has 7 rings (SSSR count). The van der Waals surface area contributed by atoms with Crippen LogP contribution in [0.2, 0.25) is 19.6 Å². The van der Waals surface area contributed by atoms with Gasteiger partial charge >= 0.3 is 0 Å². The Morgan fingerprint density at radius 1 is 0.717 bits per heavy atom. The zero-order chi connectivity index (χ0) is 31.6. The second-order valence-corrected chi connectivity index (χ2v) is 18.9. The number of hydrogen-bond acceptors (Lipinski definition) is 3. The fraction of sp³-hybridized carbons (Fsp3) is 0.171. The molecule has 4 aromatic carbocycles. The third kappa shape index (κ3) is 7.29. The quantitative estimate of drug-likeness (QED) is 0.128. The van der Waals surface area contributed by atoms with Crippen LogP contribution in [0.25, 0.3) is 53.8 Å². The minimum atomic E-state index is -1.23. The summed E-state index contributed by atoms with van der Waals surface area (Å²) in [6, 6.07) is 42.7. The van der Waals surface area contributed by atoms with E-state index < -0.39 is 8.07 Å². The maximum Gasteiger partial charge on any atom is 0.0795 e. The van der Waals surface area contributed by atoms with Crippen LogP contribution in [-0.4, -0.2) is 18.0 Å². The van der Waals surface area contributed by atoms with Gasteiger partial charge in [0.15, 0.2) is 0 Å². The van der Waals surface area contributed by atoms with Crippen LogP contribution in [0.15, 0.2) is 116 Å². The third-order valence-corrected chi connectivity index (χ3v) is 11.4. The van der Waals surface area contributed by atoms with E-state index in [0.29, 0.717) is 5.92 Å². The molecule has 0 bridgehead atoms. The molecule has 0 spiro atoms. The number of rotatable bonds is 5. The largest absolute Gasteiger partial charge is 0.305 e. The predicted octanol–water partition coefficient (Wildman–Crippen LogP) is 11.1. The maximum atomic E-state index is 4.69. The number of nitrogens with zero attached hydrogens (tertiary/aromatic N) is 2. The first kappa shape index (κ1) is 33.6. The van der Waals surface area contributed by atoms with E-state index >= 15 is 0 Å². The molecule has 1 radical (unpaired) electrons. The molecule has 0 N–H and O–H groups in total. The molecule has 0 aliphatic heterocycles. The van der Waals surface area contributed by atoms with Gasteiger partial charge < -0.3 is 9.97 Å². The van der Waals surface area contributed by atoms with Gasteiger partial charge in [0.1, 0.15) is 0 Å². The topological polar surface area (TPSA) is 25.8 Å². The summed E-state index contributed by atoms with van der Waals surface area (Å²) in [6.07, 6.45) is 4.00. The van der Waals surface area contributed by atoms with Gasteiger partial charge in [0.2, 0.25) is 0 Å². The summed E-state index contributed by atoms with van der Waals surface area (Å²) in [7, 11) is -1.23. The van der Waals surface area contributed by atoms with Crippen molar-refractivity contribution in [3.8, 4) is 33.6 Å². The van der Waals surface area contributed by atoms with Crippen LogP contribution >= 0.6 is 11.3 Å². The first-order chi connectivity index (χ1) is 21.7. The van der Waals surface area contributed by atoms with Crippen molar-refractivity contribution < 1.29 is 20.1 Å². The van der Waals surface area contributed by atoms with E-state index in [1.807, 2.05) is 48.0 Å². The Labute approximate surface area is 292 Å². The Morgan fingerprint density at radius 3 is 2.15 bits per heavy atom. The smallest absolute Gasteiger partial charge is 0.0795 e. The maximum absolute atomic E-state index is 4.69. The number of benzene rings is 4. The molecule has 46 heavy (non-hydrogen) atoms. The Kier molecular flexibility index (Phi) is 10.5. The zero-order valence-electron chi connectivity index (χ0n) is 27.2. The predicted molar refractivity (Wildman–Crippen MR) is 197 cm³/mol. The van der Waals surface area contributed by atoms with Gasteiger partial charge in [0.25, 0.3) is 0 Å².